The average molecular weight is 474 g/mol. The molecule has 0 saturated carbocycles. The summed E-state index contributed by atoms with van der Waals surface area (Å²) in [6.45, 7) is 2.90. The third kappa shape index (κ3) is 5.32. The molecule has 0 spiro atoms. The monoisotopic (exact) mass is 473 g/mol. The number of aryl methyl sites for hydroxylation is 1. The number of hydrogen-bond acceptors (Lipinski definition) is 2. The van der Waals surface area contributed by atoms with Crippen LogP contribution in [0.15, 0.2) is 85.1 Å². The van der Waals surface area contributed by atoms with E-state index in [-0.39, 0.29) is 18.2 Å². The molecule has 1 atom stereocenters. The topological polar surface area (TPSA) is 54.3 Å². The Kier molecular flexibility index (Phi) is 7.33. The number of anilines is 1. The van der Waals surface area contributed by atoms with Crippen LogP contribution in [0.5, 0.6) is 0 Å². The van der Waals surface area contributed by atoms with Crippen LogP contribution >= 0.6 is 11.6 Å². The van der Waals surface area contributed by atoms with Gasteiger partial charge in [-0.25, -0.2) is 0 Å². The van der Waals surface area contributed by atoms with Gasteiger partial charge in [0, 0.05) is 47.8 Å². The first kappa shape index (κ1) is 23.6. The van der Waals surface area contributed by atoms with Gasteiger partial charge in [-0.3, -0.25) is 9.59 Å². The fourth-order valence-corrected chi connectivity index (χ4v) is 4.35. The van der Waals surface area contributed by atoms with E-state index in [2.05, 4.69) is 22.9 Å². The predicted octanol–water partition coefficient (Wildman–Crippen LogP) is 5.25. The van der Waals surface area contributed by atoms with Gasteiger partial charge in [-0.2, -0.15) is 0 Å². The van der Waals surface area contributed by atoms with Crippen molar-refractivity contribution in [3.63, 3.8) is 0 Å². The molecule has 2 amide bonds. The van der Waals surface area contributed by atoms with Crippen molar-refractivity contribution in [3.8, 4) is 0 Å². The van der Waals surface area contributed by atoms with Gasteiger partial charge >= 0.3 is 0 Å². The number of para-hydroxylation sites is 1. The maximum absolute atomic E-state index is 13.5. The number of hydrogen-bond donors (Lipinski definition) is 1. The Morgan fingerprint density at radius 2 is 1.65 bits per heavy atom. The predicted molar refractivity (Wildman–Crippen MR) is 138 cm³/mol. The number of halogens is 1. The van der Waals surface area contributed by atoms with Crippen molar-refractivity contribution >= 4 is 40.0 Å². The molecule has 0 fully saturated rings. The molecular formula is C28H28ClN3O2. The molecule has 0 saturated heterocycles. The number of amides is 2. The molecule has 6 heteroatoms. The summed E-state index contributed by atoms with van der Waals surface area (Å²) >= 11 is 6.00. The molecule has 34 heavy (non-hydrogen) atoms. The third-order valence-electron chi connectivity index (χ3n) is 6.02. The first-order chi connectivity index (χ1) is 16.5. The molecule has 4 aromatic rings. The molecule has 0 bridgehead atoms. The quantitative estimate of drug-likeness (QED) is 0.380. The van der Waals surface area contributed by atoms with E-state index >= 15 is 0 Å². The summed E-state index contributed by atoms with van der Waals surface area (Å²) in [5.74, 6) is -0.367. The zero-order valence-corrected chi connectivity index (χ0v) is 20.1. The van der Waals surface area contributed by atoms with Gasteiger partial charge in [-0.15, -0.1) is 0 Å². The number of rotatable bonds is 8. The SMILES string of the molecule is CCn1cc(CC(=O)N[C@@H](Cc2ccccc2)C(=O)N(C)c2ccc(Cl)cc2)c2ccccc21. The molecule has 5 nitrogen and oxygen atoms in total. The van der Waals surface area contributed by atoms with Crippen LogP contribution in [0.25, 0.3) is 10.9 Å². The number of carbonyl (C=O) groups is 2. The van der Waals surface area contributed by atoms with Crippen molar-refractivity contribution in [1.82, 2.24) is 9.88 Å². The van der Waals surface area contributed by atoms with Gasteiger partial charge in [0.2, 0.25) is 11.8 Å². The van der Waals surface area contributed by atoms with E-state index in [1.165, 1.54) is 0 Å². The van der Waals surface area contributed by atoms with Crippen molar-refractivity contribution in [2.24, 2.45) is 0 Å². The van der Waals surface area contributed by atoms with Crippen molar-refractivity contribution in [2.45, 2.75) is 32.4 Å². The van der Waals surface area contributed by atoms with Gasteiger partial charge in [-0.05, 0) is 48.4 Å². The largest absolute Gasteiger partial charge is 0.347 e. The molecule has 4 rings (SSSR count). The fourth-order valence-electron chi connectivity index (χ4n) is 4.22. The number of benzene rings is 3. The maximum Gasteiger partial charge on any atom is 0.249 e. The highest BCUT2D eigenvalue weighted by molar-refractivity contribution is 6.30. The highest BCUT2D eigenvalue weighted by atomic mass is 35.5. The number of carbonyl (C=O) groups excluding carboxylic acids is 2. The molecule has 1 N–H and O–H groups in total. The van der Waals surface area contributed by atoms with Crippen LogP contribution in [0.4, 0.5) is 5.69 Å². The van der Waals surface area contributed by atoms with E-state index in [1.807, 2.05) is 54.7 Å². The number of likely N-dealkylation sites (N-methyl/N-ethyl adjacent to an activating group) is 1. The third-order valence-corrected chi connectivity index (χ3v) is 6.28. The molecule has 174 valence electrons. The summed E-state index contributed by atoms with van der Waals surface area (Å²) < 4.78 is 2.14. The summed E-state index contributed by atoms with van der Waals surface area (Å²) in [7, 11) is 1.71. The Hall–Kier alpha value is -3.57. The first-order valence-electron chi connectivity index (χ1n) is 11.4. The van der Waals surface area contributed by atoms with Crippen LogP contribution in [0, 0.1) is 0 Å². The second-order valence-corrected chi connectivity index (χ2v) is 8.75. The minimum atomic E-state index is -0.699. The molecule has 0 aliphatic carbocycles. The zero-order valence-electron chi connectivity index (χ0n) is 19.4. The molecule has 0 unspecified atom stereocenters. The van der Waals surface area contributed by atoms with Gasteiger partial charge in [0.1, 0.15) is 6.04 Å². The van der Waals surface area contributed by atoms with E-state index in [4.69, 9.17) is 11.6 Å². The van der Waals surface area contributed by atoms with E-state index in [0.717, 1.165) is 28.6 Å². The lowest BCUT2D eigenvalue weighted by Gasteiger charge is -2.25. The summed E-state index contributed by atoms with van der Waals surface area (Å²) in [6.07, 6.45) is 2.63. The van der Waals surface area contributed by atoms with Gasteiger partial charge in [0.15, 0.2) is 0 Å². The van der Waals surface area contributed by atoms with Gasteiger partial charge in [0.05, 0.1) is 6.42 Å². The number of nitrogens with one attached hydrogen (secondary N) is 1. The fraction of sp³-hybridized carbons (Fsp3) is 0.214. The minimum Gasteiger partial charge on any atom is -0.347 e. The van der Waals surface area contributed by atoms with E-state index in [0.29, 0.717) is 17.1 Å². The van der Waals surface area contributed by atoms with E-state index in [9.17, 15) is 9.59 Å². The lowest BCUT2D eigenvalue weighted by Crippen LogP contribution is -2.49. The van der Waals surface area contributed by atoms with Gasteiger partial charge in [-0.1, -0.05) is 60.1 Å². The Morgan fingerprint density at radius 3 is 2.35 bits per heavy atom. The molecule has 0 aliphatic rings. The Morgan fingerprint density at radius 1 is 0.971 bits per heavy atom. The molecule has 3 aromatic carbocycles. The van der Waals surface area contributed by atoms with Crippen molar-refractivity contribution < 1.29 is 9.59 Å². The summed E-state index contributed by atoms with van der Waals surface area (Å²) in [5.41, 5.74) is 3.75. The standard InChI is InChI=1S/C28H28ClN3O2/c1-3-32-19-21(24-11-7-8-12-26(24)32)18-27(33)30-25(17-20-9-5-4-6-10-20)28(34)31(2)23-15-13-22(29)14-16-23/h4-16,19,25H,3,17-18H2,1-2H3,(H,30,33)/t25-/m0/s1. The molecular weight excluding hydrogens is 446 g/mol. The first-order valence-corrected chi connectivity index (χ1v) is 11.8. The Labute approximate surface area is 205 Å². The zero-order chi connectivity index (χ0) is 24.1. The summed E-state index contributed by atoms with van der Waals surface area (Å²) in [4.78, 5) is 28.2. The maximum atomic E-state index is 13.5. The van der Waals surface area contributed by atoms with Crippen LogP contribution in [0.1, 0.15) is 18.1 Å². The van der Waals surface area contributed by atoms with Crippen LogP contribution in [-0.2, 0) is 29.0 Å². The van der Waals surface area contributed by atoms with Crippen LogP contribution < -0.4 is 10.2 Å². The van der Waals surface area contributed by atoms with Crippen LogP contribution in [0.3, 0.4) is 0 Å². The molecule has 1 heterocycles. The van der Waals surface area contributed by atoms with Crippen LogP contribution in [0.2, 0.25) is 5.02 Å². The molecule has 1 aromatic heterocycles. The average Bonchev–Trinajstić information content (AvgIpc) is 3.21. The minimum absolute atomic E-state index is 0.183. The van der Waals surface area contributed by atoms with Crippen molar-refractivity contribution in [2.75, 3.05) is 11.9 Å². The van der Waals surface area contributed by atoms with Crippen molar-refractivity contribution in [1.29, 1.82) is 0 Å². The second kappa shape index (κ2) is 10.6. The number of aromatic nitrogens is 1. The second-order valence-electron chi connectivity index (χ2n) is 8.32. The lowest BCUT2D eigenvalue weighted by molar-refractivity contribution is -0.127. The molecule has 0 radical (unpaired) electrons. The highest BCUT2D eigenvalue weighted by Gasteiger charge is 2.26. The number of nitrogens with zero attached hydrogens (tertiary/aromatic N) is 2. The summed E-state index contributed by atoms with van der Waals surface area (Å²) in [5, 5.41) is 4.66. The molecule has 0 aliphatic heterocycles. The Bertz CT molecular complexity index is 1280. The van der Waals surface area contributed by atoms with Crippen molar-refractivity contribution in [3.05, 3.63) is 101 Å². The number of fused-ring (bicyclic) bond motifs is 1. The smallest absolute Gasteiger partial charge is 0.249 e. The van der Waals surface area contributed by atoms with Gasteiger partial charge in [0.25, 0.3) is 0 Å². The van der Waals surface area contributed by atoms with Gasteiger partial charge < -0.3 is 14.8 Å². The highest BCUT2D eigenvalue weighted by Crippen LogP contribution is 2.22. The Balaban J connectivity index is 1.56. The van der Waals surface area contributed by atoms with E-state index < -0.39 is 6.04 Å². The normalized spacial score (nSPS) is 11.9. The summed E-state index contributed by atoms with van der Waals surface area (Å²) in [6, 6.07) is 24.2. The van der Waals surface area contributed by atoms with E-state index in [1.54, 1.807) is 36.2 Å². The lowest BCUT2D eigenvalue weighted by atomic mass is 10.0. The van der Waals surface area contributed by atoms with Crippen LogP contribution in [-0.4, -0.2) is 29.5 Å².